The fraction of sp³-hybridized carbons (Fsp3) is 0.0455. The molecule has 0 fully saturated rings. The summed E-state index contributed by atoms with van der Waals surface area (Å²) in [5.74, 6) is -0.213. The van der Waals surface area contributed by atoms with Crippen molar-refractivity contribution in [2.45, 2.75) is 6.42 Å². The molecule has 0 atom stereocenters. The van der Waals surface area contributed by atoms with Gasteiger partial charge in [0.25, 0.3) is 0 Å². The summed E-state index contributed by atoms with van der Waals surface area (Å²) in [7, 11) is 0. The average Bonchev–Trinajstić information content (AvgIpc) is 2.70. The first-order valence-corrected chi connectivity index (χ1v) is 9.34. The fourth-order valence-corrected chi connectivity index (χ4v) is 2.86. The van der Waals surface area contributed by atoms with Gasteiger partial charge in [-0.1, -0.05) is 42.5 Å². The minimum Gasteiger partial charge on any atom is -0.423 e. The summed E-state index contributed by atoms with van der Waals surface area (Å²) >= 11 is 3.33. The number of carbonyl (C=O) groups is 2. The molecule has 5 nitrogen and oxygen atoms in total. The molecular formula is C22H17BrN2O3. The van der Waals surface area contributed by atoms with Gasteiger partial charge in [-0.05, 0) is 63.5 Å². The molecule has 0 spiro atoms. The molecule has 0 unspecified atom stereocenters. The van der Waals surface area contributed by atoms with E-state index in [0.29, 0.717) is 15.8 Å². The van der Waals surface area contributed by atoms with Gasteiger partial charge in [-0.25, -0.2) is 10.2 Å². The first kappa shape index (κ1) is 19.5. The van der Waals surface area contributed by atoms with Gasteiger partial charge in [0.2, 0.25) is 5.91 Å². The molecule has 3 aromatic rings. The van der Waals surface area contributed by atoms with Crippen molar-refractivity contribution in [1.82, 2.24) is 5.43 Å². The van der Waals surface area contributed by atoms with Crippen LogP contribution in [0, 0.1) is 0 Å². The Labute approximate surface area is 171 Å². The summed E-state index contributed by atoms with van der Waals surface area (Å²) in [6, 6.07) is 23.3. The van der Waals surface area contributed by atoms with Crippen molar-refractivity contribution in [2.75, 3.05) is 0 Å². The molecule has 0 aliphatic rings. The molecule has 6 heteroatoms. The first-order valence-electron chi connectivity index (χ1n) is 8.54. The molecule has 0 aromatic heterocycles. The van der Waals surface area contributed by atoms with Crippen LogP contribution in [0.25, 0.3) is 0 Å². The summed E-state index contributed by atoms with van der Waals surface area (Å²) in [6.07, 6.45) is 1.80. The minimum absolute atomic E-state index is 0.193. The molecule has 1 N–H and O–H groups in total. The standard InChI is InChI=1S/C22H17BrN2O3/c23-20-9-5-4-8-19(20)22(27)28-18-12-10-17(11-13-18)15-24-25-21(26)14-16-6-2-1-3-7-16/h1-13,15H,14H2,(H,25,26)/b24-15+. The van der Waals surface area contributed by atoms with Crippen LogP contribution in [0.1, 0.15) is 21.5 Å². The molecule has 3 aromatic carbocycles. The topological polar surface area (TPSA) is 67.8 Å². The summed E-state index contributed by atoms with van der Waals surface area (Å²) in [4.78, 5) is 24.0. The number of esters is 1. The molecule has 0 saturated heterocycles. The quantitative estimate of drug-likeness (QED) is 0.270. The molecule has 3 rings (SSSR count). The number of hydrazone groups is 1. The third-order valence-electron chi connectivity index (χ3n) is 3.79. The zero-order chi connectivity index (χ0) is 19.8. The van der Waals surface area contributed by atoms with Crippen LogP contribution in [0.5, 0.6) is 5.75 Å². The highest BCUT2D eigenvalue weighted by Crippen LogP contribution is 2.19. The van der Waals surface area contributed by atoms with Gasteiger partial charge in [0.15, 0.2) is 0 Å². The van der Waals surface area contributed by atoms with Gasteiger partial charge >= 0.3 is 5.97 Å². The van der Waals surface area contributed by atoms with Gasteiger partial charge in [0.05, 0.1) is 18.2 Å². The maximum Gasteiger partial charge on any atom is 0.344 e. The second-order valence-corrected chi connectivity index (χ2v) is 6.75. The van der Waals surface area contributed by atoms with Crippen LogP contribution >= 0.6 is 15.9 Å². The second kappa shape index (κ2) is 9.62. The molecule has 0 radical (unpaired) electrons. The second-order valence-electron chi connectivity index (χ2n) is 5.89. The summed E-state index contributed by atoms with van der Waals surface area (Å²) in [6.45, 7) is 0. The Balaban J connectivity index is 1.52. The van der Waals surface area contributed by atoms with Crippen LogP contribution in [0.2, 0.25) is 0 Å². The Hall–Kier alpha value is -3.25. The number of ether oxygens (including phenoxy) is 1. The number of hydrogen-bond donors (Lipinski definition) is 1. The van der Waals surface area contributed by atoms with E-state index >= 15 is 0 Å². The van der Waals surface area contributed by atoms with Crippen LogP contribution in [0.4, 0.5) is 0 Å². The van der Waals surface area contributed by atoms with E-state index in [9.17, 15) is 9.59 Å². The number of halogens is 1. The summed E-state index contributed by atoms with van der Waals surface area (Å²) < 4.78 is 6.04. The van der Waals surface area contributed by atoms with E-state index in [0.717, 1.165) is 11.1 Å². The third kappa shape index (κ3) is 5.62. The normalized spacial score (nSPS) is 10.6. The zero-order valence-electron chi connectivity index (χ0n) is 14.8. The lowest BCUT2D eigenvalue weighted by atomic mass is 10.1. The Morgan fingerprint density at radius 3 is 2.32 bits per heavy atom. The highest BCUT2D eigenvalue weighted by atomic mass is 79.9. The van der Waals surface area contributed by atoms with Crippen LogP contribution in [-0.2, 0) is 11.2 Å². The zero-order valence-corrected chi connectivity index (χ0v) is 16.4. The molecule has 0 bridgehead atoms. The highest BCUT2D eigenvalue weighted by molar-refractivity contribution is 9.10. The molecular weight excluding hydrogens is 420 g/mol. The molecule has 140 valence electrons. The molecule has 0 heterocycles. The van der Waals surface area contributed by atoms with Gasteiger partial charge in [-0.2, -0.15) is 5.10 Å². The highest BCUT2D eigenvalue weighted by Gasteiger charge is 2.11. The predicted octanol–water partition coefficient (Wildman–Crippen LogP) is 4.36. The van der Waals surface area contributed by atoms with E-state index in [1.165, 1.54) is 6.21 Å². The van der Waals surface area contributed by atoms with Crippen LogP contribution in [0.3, 0.4) is 0 Å². The average molecular weight is 437 g/mol. The Bertz CT molecular complexity index is 986. The monoisotopic (exact) mass is 436 g/mol. The molecule has 1 amide bonds. The van der Waals surface area contributed by atoms with Crippen LogP contribution in [0.15, 0.2) is 88.4 Å². The third-order valence-corrected chi connectivity index (χ3v) is 4.49. The Kier molecular flexibility index (Phi) is 6.70. The van der Waals surface area contributed by atoms with Crippen LogP contribution in [-0.4, -0.2) is 18.1 Å². The van der Waals surface area contributed by atoms with Crippen LogP contribution < -0.4 is 10.2 Å². The van der Waals surface area contributed by atoms with Gasteiger partial charge in [0, 0.05) is 4.47 Å². The lowest BCUT2D eigenvalue weighted by molar-refractivity contribution is -0.120. The van der Waals surface area contributed by atoms with Gasteiger partial charge in [-0.15, -0.1) is 0 Å². The number of rotatable bonds is 6. The maximum absolute atomic E-state index is 12.2. The van der Waals surface area contributed by atoms with Gasteiger partial charge in [-0.3, -0.25) is 4.79 Å². The van der Waals surface area contributed by atoms with Crippen molar-refractivity contribution in [3.8, 4) is 5.75 Å². The number of carbonyl (C=O) groups excluding carboxylic acids is 2. The van der Waals surface area contributed by atoms with Crippen molar-refractivity contribution in [1.29, 1.82) is 0 Å². The van der Waals surface area contributed by atoms with Crippen molar-refractivity contribution in [3.63, 3.8) is 0 Å². The molecule has 0 aliphatic heterocycles. The Morgan fingerprint density at radius 2 is 1.61 bits per heavy atom. The summed E-state index contributed by atoms with van der Waals surface area (Å²) in [5.41, 5.74) is 4.63. The molecule has 0 saturated carbocycles. The Morgan fingerprint density at radius 1 is 0.929 bits per heavy atom. The predicted molar refractivity (Wildman–Crippen MR) is 111 cm³/mol. The van der Waals surface area contributed by atoms with E-state index in [2.05, 4.69) is 26.5 Å². The fourth-order valence-electron chi connectivity index (χ4n) is 2.41. The van der Waals surface area contributed by atoms with Crippen molar-refractivity contribution >= 4 is 34.0 Å². The largest absolute Gasteiger partial charge is 0.423 e. The number of nitrogens with zero attached hydrogens (tertiary/aromatic N) is 1. The SMILES string of the molecule is O=C(Cc1ccccc1)N/N=C/c1ccc(OC(=O)c2ccccc2Br)cc1. The van der Waals surface area contributed by atoms with E-state index in [4.69, 9.17) is 4.74 Å². The van der Waals surface area contributed by atoms with E-state index in [1.54, 1.807) is 42.5 Å². The number of hydrogen-bond acceptors (Lipinski definition) is 4. The van der Waals surface area contributed by atoms with Crippen molar-refractivity contribution < 1.29 is 14.3 Å². The van der Waals surface area contributed by atoms with E-state index in [-0.39, 0.29) is 12.3 Å². The number of benzene rings is 3. The van der Waals surface area contributed by atoms with E-state index in [1.807, 2.05) is 36.4 Å². The minimum atomic E-state index is -0.443. The maximum atomic E-state index is 12.2. The van der Waals surface area contributed by atoms with Crippen molar-refractivity contribution in [2.24, 2.45) is 5.10 Å². The van der Waals surface area contributed by atoms with Crippen molar-refractivity contribution in [3.05, 3.63) is 100 Å². The lowest BCUT2D eigenvalue weighted by Gasteiger charge is -2.06. The smallest absolute Gasteiger partial charge is 0.344 e. The number of amides is 1. The molecule has 0 aliphatic carbocycles. The van der Waals surface area contributed by atoms with E-state index < -0.39 is 5.97 Å². The van der Waals surface area contributed by atoms with Gasteiger partial charge < -0.3 is 4.74 Å². The first-order chi connectivity index (χ1) is 13.6. The van der Waals surface area contributed by atoms with Gasteiger partial charge in [0.1, 0.15) is 5.75 Å². The lowest BCUT2D eigenvalue weighted by Crippen LogP contribution is -2.19. The summed E-state index contributed by atoms with van der Waals surface area (Å²) in [5, 5.41) is 3.95. The number of nitrogens with one attached hydrogen (secondary N) is 1. The molecule has 28 heavy (non-hydrogen) atoms.